The van der Waals surface area contributed by atoms with Gasteiger partial charge in [-0.25, -0.2) is 9.59 Å². The topological polar surface area (TPSA) is 119 Å². The third-order valence-electron chi connectivity index (χ3n) is 5.60. The molecular weight excluding hydrogens is 448 g/mol. The Morgan fingerprint density at radius 3 is 2.24 bits per heavy atom. The third-order valence-corrected chi connectivity index (χ3v) is 5.97. The van der Waals surface area contributed by atoms with Gasteiger partial charge in [0.2, 0.25) is 0 Å². The first-order valence-corrected chi connectivity index (χ1v) is 10.5. The van der Waals surface area contributed by atoms with Crippen LogP contribution in [0.2, 0.25) is 5.02 Å². The summed E-state index contributed by atoms with van der Waals surface area (Å²) in [7, 11) is 0. The molecule has 4 rings (SSSR count). The number of nitro groups is 1. The molecule has 0 fully saturated rings. The Bertz CT molecular complexity index is 1200. The minimum Gasteiger partial charge on any atom is -0.480 e. The SMILES string of the molecule is O=C(NC(Cc1cc([N+](=O)[O-])ccc1Cl)C(=O)O)OCC1c2ccccc2-c2ccccc21. The predicted octanol–water partition coefficient (Wildman–Crippen LogP) is 4.78. The fourth-order valence-corrected chi connectivity index (χ4v) is 4.23. The molecule has 33 heavy (non-hydrogen) atoms. The number of aliphatic carboxylic acids is 1. The van der Waals surface area contributed by atoms with Gasteiger partial charge in [-0.1, -0.05) is 60.1 Å². The number of non-ortho nitro benzene ring substituents is 1. The van der Waals surface area contributed by atoms with Crippen molar-refractivity contribution in [2.24, 2.45) is 0 Å². The number of fused-ring (bicyclic) bond motifs is 3. The van der Waals surface area contributed by atoms with E-state index in [4.69, 9.17) is 16.3 Å². The average Bonchev–Trinajstić information content (AvgIpc) is 3.12. The predicted molar refractivity (Wildman–Crippen MR) is 121 cm³/mol. The van der Waals surface area contributed by atoms with Gasteiger partial charge in [-0.05, 0) is 33.9 Å². The maximum absolute atomic E-state index is 12.5. The number of carbonyl (C=O) groups excluding carboxylic acids is 1. The molecule has 1 unspecified atom stereocenters. The van der Waals surface area contributed by atoms with Gasteiger partial charge >= 0.3 is 12.1 Å². The van der Waals surface area contributed by atoms with Crippen LogP contribution in [0.25, 0.3) is 11.1 Å². The summed E-state index contributed by atoms with van der Waals surface area (Å²) in [6.07, 6.45) is -1.13. The van der Waals surface area contributed by atoms with E-state index in [1.54, 1.807) is 0 Å². The highest BCUT2D eigenvalue weighted by Gasteiger charge is 2.30. The highest BCUT2D eigenvalue weighted by atomic mass is 35.5. The summed E-state index contributed by atoms with van der Waals surface area (Å²) < 4.78 is 5.40. The third kappa shape index (κ3) is 4.65. The molecule has 0 saturated heterocycles. The summed E-state index contributed by atoms with van der Waals surface area (Å²) in [5.74, 6) is -1.48. The number of nitrogens with one attached hydrogen (secondary N) is 1. The molecule has 3 aromatic rings. The van der Waals surface area contributed by atoms with Crippen molar-refractivity contribution in [1.29, 1.82) is 0 Å². The first kappa shape index (κ1) is 22.3. The number of carboxylic acid groups (broad SMARTS) is 1. The molecule has 1 amide bonds. The fourth-order valence-electron chi connectivity index (χ4n) is 4.03. The lowest BCUT2D eigenvalue weighted by Crippen LogP contribution is -2.43. The number of halogens is 1. The van der Waals surface area contributed by atoms with Gasteiger partial charge in [-0.3, -0.25) is 10.1 Å². The van der Waals surface area contributed by atoms with Crippen LogP contribution in [0.5, 0.6) is 0 Å². The number of benzene rings is 3. The Hall–Kier alpha value is -3.91. The van der Waals surface area contributed by atoms with E-state index in [0.29, 0.717) is 0 Å². The number of hydrogen-bond donors (Lipinski definition) is 2. The minimum atomic E-state index is -1.37. The van der Waals surface area contributed by atoms with Crippen molar-refractivity contribution in [3.63, 3.8) is 0 Å². The number of carboxylic acids is 1. The zero-order valence-corrected chi connectivity index (χ0v) is 18.0. The van der Waals surface area contributed by atoms with Crippen molar-refractivity contribution >= 4 is 29.4 Å². The molecule has 1 atom stereocenters. The monoisotopic (exact) mass is 466 g/mol. The summed E-state index contributed by atoms with van der Waals surface area (Å²) in [6, 6.07) is 18.1. The van der Waals surface area contributed by atoms with Crippen LogP contribution in [0.4, 0.5) is 10.5 Å². The van der Waals surface area contributed by atoms with Crippen LogP contribution in [-0.4, -0.2) is 34.7 Å². The van der Waals surface area contributed by atoms with Gasteiger partial charge < -0.3 is 15.2 Å². The number of ether oxygens (including phenoxy) is 1. The summed E-state index contributed by atoms with van der Waals surface area (Å²) >= 11 is 6.07. The molecule has 0 spiro atoms. The Morgan fingerprint density at radius 2 is 1.67 bits per heavy atom. The van der Waals surface area contributed by atoms with Crippen LogP contribution < -0.4 is 5.32 Å². The van der Waals surface area contributed by atoms with E-state index in [1.165, 1.54) is 18.2 Å². The Kier molecular flexibility index (Phi) is 6.28. The van der Waals surface area contributed by atoms with E-state index in [1.807, 2.05) is 48.5 Å². The number of nitrogens with zero attached hydrogens (tertiary/aromatic N) is 1. The molecule has 168 valence electrons. The lowest BCUT2D eigenvalue weighted by molar-refractivity contribution is -0.384. The van der Waals surface area contributed by atoms with Gasteiger partial charge in [0.05, 0.1) is 4.92 Å². The number of alkyl carbamates (subject to hydrolysis) is 1. The molecule has 0 radical (unpaired) electrons. The average molecular weight is 467 g/mol. The second-order valence-electron chi connectivity index (χ2n) is 7.60. The molecule has 2 N–H and O–H groups in total. The van der Waals surface area contributed by atoms with Crippen LogP contribution in [0, 0.1) is 10.1 Å². The largest absolute Gasteiger partial charge is 0.480 e. The number of carbonyl (C=O) groups is 2. The lowest BCUT2D eigenvalue weighted by Gasteiger charge is -2.18. The summed E-state index contributed by atoms with van der Waals surface area (Å²) in [5, 5.41) is 23.0. The van der Waals surface area contributed by atoms with E-state index < -0.39 is 23.0 Å². The van der Waals surface area contributed by atoms with Crippen LogP contribution in [0.1, 0.15) is 22.6 Å². The van der Waals surface area contributed by atoms with Gasteiger partial charge in [0.15, 0.2) is 0 Å². The maximum Gasteiger partial charge on any atom is 0.407 e. The van der Waals surface area contributed by atoms with Crippen molar-refractivity contribution in [2.45, 2.75) is 18.4 Å². The van der Waals surface area contributed by atoms with E-state index in [2.05, 4.69) is 5.32 Å². The van der Waals surface area contributed by atoms with E-state index in [0.717, 1.165) is 22.3 Å². The molecule has 9 heteroatoms. The molecule has 3 aromatic carbocycles. The molecule has 0 heterocycles. The summed E-state index contributed by atoms with van der Waals surface area (Å²) in [6.45, 7) is 0.0315. The maximum atomic E-state index is 12.5. The Labute approximate surface area is 193 Å². The standard InChI is InChI=1S/C24H19ClN2O6/c25-21-10-9-15(27(31)32)11-14(21)12-22(23(28)29)26-24(30)33-13-20-18-7-3-1-5-16(18)17-6-2-4-8-19(17)20/h1-11,20,22H,12-13H2,(H,26,30)(H,28,29). The first-order chi connectivity index (χ1) is 15.8. The Morgan fingerprint density at radius 1 is 1.06 bits per heavy atom. The summed E-state index contributed by atoms with van der Waals surface area (Å²) in [5.41, 5.74) is 4.22. The molecular formula is C24H19ClN2O6. The van der Waals surface area contributed by atoms with Crippen molar-refractivity contribution in [3.05, 3.63) is 98.6 Å². The van der Waals surface area contributed by atoms with E-state index in [-0.39, 0.29) is 35.2 Å². The molecule has 0 aliphatic heterocycles. The van der Waals surface area contributed by atoms with Gasteiger partial charge in [-0.2, -0.15) is 0 Å². The second kappa shape index (κ2) is 9.30. The molecule has 8 nitrogen and oxygen atoms in total. The van der Waals surface area contributed by atoms with Crippen LogP contribution in [0.15, 0.2) is 66.7 Å². The van der Waals surface area contributed by atoms with Crippen molar-refractivity contribution in [2.75, 3.05) is 6.61 Å². The first-order valence-electron chi connectivity index (χ1n) is 10.1. The van der Waals surface area contributed by atoms with Crippen LogP contribution in [0.3, 0.4) is 0 Å². The van der Waals surface area contributed by atoms with E-state index in [9.17, 15) is 24.8 Å². The smallest absolute Gasteiger partial charge is 0.407 e. The summed E-state index contributed by atoms with van der Waals surface area (Å²) in [4.78, 5) is 34.6. The molecule has 1 aliphatic carbocycles. The number of rotatable bonds is 7. The van der Waals surface area contributed by atoms with Crippen LogP contribution >= 0.6 is 11.6 Å². The molecule has 0 bridgehead atoms. The zero-order chi connectivity index (χ0) is 23.5. The van der Waals surface area contributed by atoms with E-state index >= 15 is 0 Å². The number of nitro benzene ring substituents is 1. The fraction of sp³-hybridized carbons (Fsp3) is 0.167. The minimum absolute atomic E-state index is 0.0315. The van der Waals surface area contributed by atoms with Crippen molar-refractivity contribution < 1.29 is 24.4 Å². The highest BCUT2D eigenvalue weighted by molar-refractivity contribution is 6.31. The highest BCUT2D eigenvalue weighted by Crippen LogP contribution is 2.44. The van der Waals surface area contributed by atoms with Gasteiger partial charge in [0.25, 0.3) is 5.69 Å². The lowest BCUT2D eigenvalue weighted by atomic mass is 9.98. The molecule has 1 aliphatic rings. The van der Waals surface area contributed by atoms with Gasteiger partial charge in [0, 0.05) is 29.5 Å². The zero-order valence-electron chi connectivity index (χ0n) is 17.2. The number of hydrogen-bond acceptors (Lipinski definition) is 5. The molecule has 0 saturated carbocycles. The van der Waals surface area contributed by atoms with Crippen molar-refractivity contribution in [3.8, 4) is 11.1 Å². The Balaban J connectivity index is 1.45. The van der Waals surface area contributed by atoms with Crippen LogP contribution in [-0.2, 0) is 16.0 Å². The quantitative estimate of drug-likeness (QED) is 0.382. The molecule has 0 aromatic heterocycles. The normalized spacial score (nSPS) is 13.0. The second-order valence-corrected chi connectivity index (χ2v) is 8.00. The number of amides is 1. The van der Waals surface area contributed by atoms with Crippen molar-refractivity contribution in [1.82, 2.24) is 5.32 Å². The van der Waals surface area contributed by atoms with Gasteiger partial charge in [-0.15, -0.1) is 0 Å². The van der Waals surface area contributed by atoms with Gasteiger partial charge in [0.1, 0.15) is 12.6 Å².